The molecular weight excluding hydrogens is 713 g/mol. The molecule has 0 aliphatic heterocycles. The molecule has 0 aliphatic rings. The Bertz CT molecular complexity index is 641. The molecule has 48 heavy (non-hydrogen) atoms. The first-order chi connectivity index (χ1) is 23.6. The molecule has 0 N–H and O–H groups in total. The van der Waals surface area contributed by atoms with Gasteiger partial charge in [-0.2, -0.15) is 0 Å². The minimum absolute atomic E-state index is 0.131. The molecule has 0 aliphatic carbocycles. The van der Waals surface area contributed by atoms with E-state index in [9.17, 15) is 0 Å². The topological polar surface area (TPSA) is 27.7 Å². The van der Waals surface area contributed by atoms with Crippen LogP contribution in [0.25, 0.3) is 0 Å². The molecule has 288 valence electrons. The summed E-state index contributed by atoms with van der Waals surface area (Å²) in [4.78, 5) is 0. The maximum Gasteiger partial charge on any atom is 0.333 e. The standard InChI is InChI=1S/C41H83BrO3S2Si/c1-5-7-9-11-13-15-17-18-19-20-21-22-23-25-28-32-37-43-41(45-48(3,4)44-38-33-29-27-31-36-42)35-40-47-46-39-34-30-26-24-16-14-12-10-8-6-2/h18-19,41H,5-17,20-40H2,1-4H3/b19-18-. The number of alkyl halides is 1. The lowest BCUT2D eigenvalue weighted by Crippen LogP contribution is -2.40. The highest BCUT2D eigenvalue weighted by molar-refractivity contribution is 9.09. The van der Waals surface area contributed by atoms with Crippen molar-refractivity contribution in [2.24, 2.45) is 0 Å². The van der Waals surface area contributed by atoms with Gasteiger partial charge in [0, 0.05) is 36.5 Å². The fourth-order valence-corrected chi connectivity index (χ4v) is 9.99. The fourth-order valence-electron chi connectivity index (χ4n) is 5.87. The highest BCUT2D eigenvalue weighted by Crippen LogP contribution is 2.26. The lowest BCUT2D eigenvalue weighted by Gasteiger charge is -2.29. The average molecular weight is 796 g/mol. The van der Waals surface area contributed by atoms with Crippen LogP contribution in [-0.4, -0.2) is 44.9 Å². The number of hydrogen-bond donors (Lipinski definition) is 0. The summed E-state index contributed by atoms with van der Waals surface area (Å²) in [5.41, 5.74) is 0. The van der Waals surface area contributed by atoms with Gasteiger partial charge < -0.3 is 13.6 Å². The molecule has 0 saturated heterocycles. The van der Waals surface area contributed by atoms with Crippen molar-refractivity contribution in [3.63, 3.8) is 0 Å². The predicted octanol–water partition coefficient (Wildman–Crippen LogP) is 15.7. The Morgan fingerprint density at radius 3 is 1.50 bits per heavy atom. The Kier molecular flexibility index (Phi) is 41.6. The summed E-state index contributed by atoms with van der Waals surface area (Å²) in [7, 11) is 1.84. The SMILES string of the molecule is CCCCCCCC/C=C\CCCCCCCCOC(CCSSCCCCCCCCCCCC)O[Si](C)(C)OCCCCCCBr. The first kappa shape index (κ1) is 49.0. The van der Waals surface area contributed by atoms with Crippen LogP contribution in [0.15, 0.2) is 12.2 Å². The molecule has 7 heteroatoms. The highest BCUT2D eigenvalue weighted by Gasteiger charge is 2.29. The maximum absolute atomic E-state index is 6.57. The Labute approximate surface area is 319 Å². The normalized spacial score (nSPS) is 12.9. The second-order valence-corrected chi connectivity index (χ2v) is 21.1. The lowest BCUT2D eigenvalue weighted by molar-refractivity contribution is -0.0997. The monoisotopic (exact) mass is 794 g/mol. The van der Waals surface area contributed by atoms with Crippen molar-refractivity contribution in [1.29, 1.82) is 0 Å². The van der Waals surface area contributed by atoms with Crippen LogP contribution in [0, 0.1) is 0 Å². The predicted molar refractivity (Wildman–Crippen MR) is 227 cm³/mol. The van der Waals surface area contributed by atoms with Crippen molar-refractivity contribution in [3.05, 3.63) is 12.2 Å². The van der Waals surface area contributed by atoms with E-state index in [2.05, 4.69) is 55.0 Å². The zero-order valence-electron chi connectivity index (χ0n) is 32.7. The summed E-state index contributed by atoms with van der Waals surface area (Å²) in [6.45, 7) is 10.6. The van der Waals surface area contributed by atoms with E-state index in [0.717, 1.165) is 43.6 Å². The van der Waals surface area contributed by atoms with Crippen molar-refractivity contribution >= 4 is 46.1 Å². The summed E-state index contributed by atoms with van der Waals surface area (Å²) >= 11 is 3.53. The summed E-state index contributed by atoms with van der Waals surface area (Å²) in [5, 5.41) is 1.10. The van der Waals surface area contributed by atoms with Crippen LogP contribution >= 0.6 is 37.5 Å². The largest absolute Gasteiger partial charge is 0.394 e. The molecule has 0 spiro atoms. The maximum atomic E-state index is 6.57. The van der Waals surface area contributed by atoms with Crippen LogP contribution in [0.5, 0.6) is 0 Å². The van der Waals surface area contributed by atoms with Crippen molar-refractivity contribution in [2.45, 2.75) is 219 Å². The van der Waals surface area contributed by atoms with Gasteiger partial charge >= 0.3 is 8.56 Å². The number of unbranched alkanes of at least 4 members (excludes halogenated alkanes) is 24. The first-order valence-corrected chi connectivity index (χ1v) is 27.4. The number of ether oxygens (including phenoxy) is 1. The van der Waals surface area contributed by atoms with Crippen LogP contribution in [0.4, 0.5) is 0 Å². The average Bonchev–Trinajstić information content (AvgIpc) is 3.07. The molecule has 0 radical (unpaired) electrons. The molecule has 1 atom stereocenters. The lowest BCUT2D eigenvalue weighted by atomic mass is 10.1. The Balaban J connectivity index is 4.10. The minimum Gasteiger partial charge on any atom is -0.394 e. The van der Waals surface area contributed by atoms with E-state index < -0.39 is 8.56 Å². The van der Waals surface area contributed by atoms with Gasteiger partial charge in [0.25, 0.3) is 0 Å². The van der Waals surface area contributed by atoms with Gasteiger partial charge in [-0.05, 0) is 64.5 Å². The zero-order valence-corrected chi connectivity index (χ0v) is 36.9. The molecule has 0 aromatic carbocycles. The number of rotatable bonds is 41. The van der Waals surface area contributed by atoms with Crippen molar-refractivity contribution < 1.29 is 13.6 Å². The zero-order chi connectivity index (χ0) is 35.1. The summed E-state index contributed by atoms with van der Waals surface area (Å²) in [6, 6.07) is 0. The Morgan fingerprint density at radius 2 is 0.958 bits per heavy atom. The number of hydrogen-bond acceptors (Lipinski definition) is 5. The summed E-state index contributed by atoms with van der Waals surface area (Å²) < 4.78 is 19.2. The number of allylic oxidation sites excluding steroid dienone is 2. The van der Waals surface area contributed by atoms with Gasteiger partial charge in [-0.25, -0.2) is 0 Å². The Hall–Kier alpha value is 1.02. The van der Waals surface area contributed by atoms with Crippen LogP contribution < -0.4 is 0 Å². The third kappa shape index (κ3) is 39.8. The van der Waals surface area contributed by atoms with Crippen LogP contribution in [0.1, 0.15) is 200 Å². The summed E-state index contributed by atoms with van der Waals surface area (Å²) in [6.07, 6.45) is 43.3. The smallest absolute Gasteiger partial charge is 0.333 e. The fraction of sp³-hybridized carbons (Fsp3) is 0.951. The third-order valence-electron chi connectivity index (χ3n) is 8.95. The van der Waals surface area contributed by atoms with E-state index in [1.165, 1.54) is 173 Å². The Morgan fingerprint density at radius 1 is 0.521 bits per heavy atom. The van der Waals surface area contributed by atoms with E-state index in [1.54, 1.807) is 0 Å². The molecule has 0 bridgehead atoms. The molecule has 0 amide bonds. The molecule has 0 rings (SSSR count). The van der Waals surface area contributed by atoms with Crippen LogP contribution in [0.2, 0.25) is 13.1 Å². The quantitative estimate of drug-likeness (QED) is 0.0153. The summed E-state index contributed by atoms with van der Waals surface area (Å²) in [5.74, 6) is 2.35. The molecular formula is C41H83BrO3S2Si. The first-order valence-electron chi connectivity index (χ1n) is 20.9. The molecule has 0 heterocycles. The molecule has 3 nitrogen and oxygen atoms in total. The molecule has 1 unspecified atom stereocenters. The van der Waals surface area contributed by atoms with Gasteiger partial charge in [-0.15, -0.1) is 0 Å². The molecule has 0 fully saturated rings. The molecule has 0 aromatic heterocycles. The van der Waals surface area contributed by atoms with Gasteiger partial charge in [0.1, 0.15) is 6.29 Å². The molecule has 0 saturated carbocycles. The third-order valence-corrected chi connectivity index (χ3v) is 13.8. The van der Waals surface area contributed by atoms with E-state index in [0.29, 0.717) is 0 Å². The van der Waals surface area contributed by atoms with Crippen molar-refractivity contribution in [2.75, 3.05) is 30.0 Å². The van der Waals surface area contributed by atoms with Crippen molar-refractivity contribution in [1.82, 2.24) is 0 Å². The van der Waals surface area contributed by atoms with Gasteiger partial charge in [0.15, 0.2) is 0 Å². The van der Waals surface area contributed by atoms with E-state index in [-0.39, 0.29) is 6.29 Å². The van der Waals surface area contributed by atoms with Crippen LogP contribution in [0.3, 0.4) is 0 Å². The minimum atomic E-state index is -2.21. The number of halogens is 1. The molecule has 0 aromatic rings. The van der Waals surface area contributed by atoms with Gasteiger partial charge in [-0.3, -0.25) is 0 Å². The second-order valence-electron chi connectivity index (χ2n) is 14.3. The highest BCUT2D eigenvalue weighted by atomic mass is 79.9. The second kappa shape index (κ2) is 40.8. The van der Waals surface area contributed by atoms with Crippen LogP contribution in [-0.2, 0) is 13.6 Å². The van der Waals surface area contributed by atoms with E-state index >= 15 is 0 Å². The van der Waals surface area contributed by atoms with Crippen molar-refractivity contribution in [3.8, 4) is 0 Å². The van der Waals surface area contributed by atoms with E-state index in [1.807, 2.05) is 21.6 Å². The van der Waals surface area contributed by atoms with Gasteiger partial charge in [-0.1, -0.05) is 192 Å². The van der Waals surface area contributed by atoms with Gasteiger partial charge in [0.2, 0.25) is 0 Å². The van der Waals surface area contributed by atoms with E-state index in [4.69, 9.17) is 13.6 Å². The van der Waals surface area contributed by atoms with Gasteiger partial charge in [0.05, 0.1) is 0 Å².